The van der Waals surface area contributed by atoms with Gasteiger partial charge in [0.05, 0.1) is 13.2 Å². The van der Waals surface area contributed by atoms with Gasteiger partial charge in [-0.05, 0) is 73.8 Å². The van der Waals surface area contributed by atoms with Gasteiger partial charge < -0.3 is 9.63 Å². The van der Waals surface area contributed by atoms with Gasteiger partial charge in [0.15, 0.2) is 0 Å². The molecule has 1 N–H and O–H groups in total. The summed E-state index contributed by atoms with van der Waals surface area (Å²) in [6, 6.07) is 7.50. The van der Waals surface area contributed by atoms with E-state index >= 15 is 0 Å². The lowest BCUT2D eigenvalue weighted by atomic mass is 9.49. The molecule has 0 atom stereocenters. The van der Waals surface area contributed by atoms with Gasteiger partial charge in [0, 0.05) is 23.7 Å². The first-order valence-electron chi connectivity index (χ1n) is 10.5. The standard InChI is InChI=1S/C22H28ClN3O2/c23-19-3-1-2-18(9-19)21-24-20(28-25-21)13-26(4-5-27)14-22-10-15-6-16(11-22)8-17(7-15)12-22/h1-3,9,15-17,27H,4-8,10-14H2. The molecule has 4 fully saturated rings. The fourth-order valence-corrected chi connectivity index (χ4v) is 6.76. The lowest BCUT2D eigenvalue weighted by molar-refractivity contribution is -0.0723. The molecular formula is C22H28ClN3O2. The number of aliphatic hydroxyl groups is 1. The average Bonchev–Trinajstić information content (AvgIpc) is 3.09. The van der Waals surface area contributed by atoms with Crippen LogP contribution in [0.2, 0.25) is 5.02 Å². The van der Waals surface area contributed by atoms with Crippen LogP contribution >= 0.6 is 11.6 Å². The number of hydrogen-bond acceptors (Lipinski definition) is 5. The molecule has 2 aromatic rings. The number of halogens is 1. The lowest BCUT2D eigenvalue weighted by Crippen LogP contribution is -2.51. The third-order valence-corrected chi connectivity index (χ3v) is 7.29. The zero-order valence-corrected chi connectivity index (χ0v) is 16.9. The van der Waals surface area contributed by atoms with Gasteiger partial charge in [0.25, 0.3) is 0 Å². The molecule has 0 amide bonds. The number of hydrogen-bond donors (Lipinski definition) is 1. The monoisotopic (exact) mass is 401 g/mol. The number of rotatable bonds is 7. The van der Waals surface area contributed by atoms with Crippen molar-refractivity contribution in [2.24, 2.45) is 23.2 Å². The Hall–Kier alpha value is -1.43. The highest BCUT2D eigenvalue weighted by molar-refractivity contribution is 6.30. The molecule has 0 spiro atoms. The first-order chi connectivity index (χ1) is 13.6. The van der Waals surface area contributed by atoms with Crippen LogP contribution in [0, 0.1) is 23.2 Å². The zero-order chi connectivity index (χ0) is 19.1. The highest BCUT2D eigenvalue weighted by Crippen LogP contribution is 2.60. The van der Waals surface area contributed by atoms with Gasteiger partial charge in [-0.3, -0.25) is 4.90 Å². The zero-order valence-electron chi connectivity index (χ0n) is 16.2. The molecule has 4 saturated carbocycles. The molecule has 6 rings (SSSR count). The normalized spacial score (nSPS) is 31.0. The molecule has 1 heterocycles. The minimum absolute atomic E-state index is 0.154. The number of benzene rings is 1. The van der Waals surface area contributed by atoms with E-state index in [2.05, 4.69) is 15.0 Å². The first-order valence-corrected chi connectivity index (χ1v) is 10.9. The summed E-state index contributed by atoms with van der Waals surface area (Å²) in [6.45, 7) is 2.43. The maximum absolute atomic E-state index is 9.62. The van der Waals surface area contributed by atoms with E-state index < -0.39 is 0 Å². The summed E-state index contributed by atoms with van der Waals surface area (Å²) in [4.78, 5) is 6.90. The van der Waals surface area contributed by atoms with Crippen LogP contribution in [0.5, 0.6) is 0 Å². The van der Waals surface area contributed by atoms with Crippen molar-refractivity contribution in [1.29, 1.82) is 0 Å². The van der Waals surface area contributed by atoms with E-state index in [0.29, 0.717) is 35.2 Å². The SMILES string of the molecule is OCCN(Cc1nc(-c2cccc(Cl)c2)no1)CC12CC3CC(CC(C3)C1)C2. The Kier molecular flexibility index (Phi) is 4.93. The van der Waals surface area contributed by atoms with Crippen LogP contribution < -0.4 is 0 Å². The Morgan fingerprint density at radius 3 is 2.50 bits per heavy atom. The van der Waals surface area contributed by atoms with Crippen molar-refractivity contribution in [2.75, 3.05) is 19.7 Å². The Morgan fingerprint density at radius 1 is 1.14 bits per heavy atom. The summed E-state index contributed by atoms with van der Waals surface area (Å²) in [5, 5.41) is 14.4. The quantitative estimate of drug-likeness (QED) is 0.744. The molecule has 0 aliphatic heterocycles. The van der Waals surface area contributed by atoms with Crippen molar-refractivity contribution >= 4 is 11.6 Å². The Morgan fingerprint density at radius 2 is 1.86 bits per heavy atom. The molecular weight excluding hydrogens is 374 g/mol. The third-order valence-electron chi connectivity index (χ3n) is 7.05. The van der Waals surface area contributed by atoms with Gasteiger partial charge in [-0.2, -0.15) is 4.98 Å². The lowest BCUT2D eigenvalue weighted by Gasteiger charge is -2.57. The van der Waals surface area contributed by atoms with E-state index in [1.54, 1.807) is 0 Å². The molecule has 4 aliphatic rings. The maximum Gasteiger partial charge on any atom is 0.241 e. The second kappa shape index (κ2) is 7.43. The molecule has 28 heavy (non-hydrogen) atoms. The molecule has 4 aliphatic carbocycles. The van der Waals surface area contributed by atoms with Crippen LogP contribution in [0.15, 0.2) is 28.8 Å². The number of aromatic nitrogens is 2. The van der Waals surface area contributed by atoms with Gasteiger partial charge in [-0.25, -0.2) is 0 Å². The minimum Gasteiger partial charge on any atom is -0.395 e. The molecule has 5 nitrogen and oxygen atoms in total. The summed E-state index contributed by atoms with van der Waals surface area (Å²) in [6.07, 6.45) is 8.43. The predicted octanol–water partition coefficient (Wildman–Crippen LogP) is 4.40. The van der Waals surface area contributed by atoms with E-state index in [9.17, 15) is 5.11 Å². The van der Waals surface area contributed by atoms with Crippen molar-refractivity contribution in [1.82, 2.24) is 15.0 Å². The molecule has 150 valence electrons. The van der Waals surface area contributed by atoms with Gasteiger partial charge >= 0.3 is 0 Å². The topological polar surface area (TPSA) is 62.4 Å². The van der Waals surface area contributed by atoms with Crippen LogP contribution in [-0.2, 0) is 6.54 Å². The van der Waals surface area contributed by atoms with E-state index in [1.165, 1.54) is 38.5 Å². The van der Waals surface area contributed by atoms with Crippen LogP contribution in [-0.4, -0.2) is 39.8 Å². The average molecular weight is 402 g/mol. The molecule has 0 unspecified atom stereocenters. The van der Waals surface area contributed by atoms with Gasteiger partial charge in [-0.15, -0.1) is 0 Å². The van der Waals surface area contributed by atoms with E-state index in [-0.39, 0.29) is 6.61 Å². The van der Waals surface area contributed by atoms with Gasteiger partial charge in [0.2, 0.25) is 11.7 Å². The first kappa shape index (κ1) is 18.6. The van der Waals surface area contributed by atoms with E-state index in [1.807, 2.05) is 24.3 Å². The fourth-order valence-electron chi connectivity index (χ4n) is 6.57. The van der Waals surface area contributed by atoms with Crippen LogP contribution in [0.25, 0.3) is 11.4 Å². The summed E-state index contributed by atoms with van der Waals surface area (Å²) < 4.78 is 5.53. The predicted molar refractivity (Wildman–Crippen MR) is 108 cm³/mol. The van der Waals surface area contributed by atoms with Crippen molar-refractivity contribution in [3.05, 3.63) is 35.2 Å². The largest absolute Gasteiger partial charge is 0.395 e. The molecule has 0 saturated heterocycles. The summed E-state index contributed by atoms with van der Waals surface area (Å²) in [5.74, 6) is 3.96. The van der Waals surface area contributed by atoms with Gasteiger partial charge in [-0.1, -0.05) is 28.9 Å². The van der Waals surface area contributed by atoms with Crippen molar-refractivity contribution in [2.45, 2.75) is 45.1 Å². The molecule has 6 heteroatoms. The van der Waals surface area contributed by atoms with Gasteiger partial charge in [0.1, 0.15) is 0 Å². The second-order valence-electron chi connectivity index (χ2n) is 9.37. The van der Waals surface area contributed by atoms with E-state index in [0.717, 1.165) is 29.9 Å². The number of nitrogens with zero attached hydrogens (tertiary/aromatic N) is 3. The maximum atomic E-state index is 9.62. The third kappa shape index (κ3) is 3.72. The van der Waals surface area contributed by atoms with Crippen LogP contribution in [0.3, 0.4) is 0 Å². The van der Waals surface area contributed by atoms with Crippen molar-refractivity contribution in [3.8, 4) is 11.4 Å². The smallest absolute Gasteiger partial charge is 0.241 e. The minimum atomic E-state index is 0.154. The highest BCUT2D eigenvalue weighted by atomic mass is 35.5. The summed E-state index contributed by atoms with van der Waals surface area (Å²) >= 11 is 6.08. The Labute approximate surface area is 171 Å². The molecule has 1 aromatic heterocycles. The van der Waals surface area contributed by atoms with Crippen LogP contribution in [0.4, 0.5) is 0 Å². The highest BCUT2D eigenvalue weighted by Gasteiger charge is 2.51. The molecule has 0 radical (unpaired) electrons. The van der Waals surface area contributed by atoms with Crippen LogP contribution in [0.1, 0.15) is 44.4 Å². The van der Waals surface area contributed by atoms with Crippen molar-refractivity contribution in [3.63, 3.8) is 0 Å². The van der Waals surface area contributed by atoms with E-state index in [4.69, 9.17) is 16.1 Å². The van der Waals surface area contributed by atoms with Crippen molar-refractivity contribution < 1.29 is 9.63 Å². The number of aliphatic hydroxyl groups excluding tert-OH is 1. The summed E-state index contributed by atoms with van der Waals surface area (Å²) in [7, 11) is 0. The Balaban J connectivity index is 1.30. The summed E-state index contributed by atoms with van der Waals surface area (Å²) in [5.41, 5.74) is 1.29. The molecule has 4 bridgehead atoms. The molecule has 1 aromatic carbocycles. The Bertz CT molecular complexity index is 801. The fraction of sp³-hybridized carbons (Fsp3) is 0.636. The second-order valence-corrected chi connectivity index (χ2v) is 9.81.